The first-order valence-electron chi connectivity index (χ1n) is 8.13. The van der Waals surface area contributed by atoms with Gasteiger partial charge in [0, 0.05) is 36.1 Å². The number of aromatic hydroxyl groups is 2. The second-order valence-corrected chi connectivity index (χ2v) is 6.05. The number of carbonyl (C=O) groups excluding carboxylic acids is 1. The summed E-state index contributed by atoms with van der Waals surface area (Å²) in [5, 5.41) is 23.7. The summed E-state index contributed by atoms with van der Waals surface area (Å²) in [6, 6.07) is 8.08. The van der Waals surface area contributed by atoms with Gasteiger partial charge in [0.2, 0.25) is 0 Å². The minimum Gasteiger partial charge on any atom is -0.508 e. The van der Waals surface area contributed by atoms with E-state index in [0.717, 1.165) is 23.0 Å². The molecule has 7 heteroatoms. The Bertz CT molecular complexity index is 934. The van der Waals surface area contributed by atoms with Crippen molar-refractivity contribution in [1.82, 2.24) is 14.8 Å². The molecule has 2 N–H and O–H groups in total. The molecule has 2 aromatic heterocycles. The lowest BCUT2D eigenvalue weighted by atomic mass is 10.1. The highest BCUT2D eigenvalue weighted by Crippen LogP contribution is 2.32. The van der Waals surface area contributed by atoms with Crippen LogP contribution in [0.3, 0.4) is 0 Å². The monoisotopic (exact) mass is 353 g/mol. The number of hydrogen-bond acceptors (Lipinski definition) is 6. The normalized spacial score (nSPS) is 10.9. The van der Waals surface area contributed by atoms with Crippen molar-refractivity contribution in [3.05, 3.63) is 53.9 Å². The number of benzene rings is 1. The van der Waals surface area contributed by atoms with Crippen LogP contribution in [-0.4, -0.2) is 31.3 Å². The molecule has 3 aromatic rings. The van der Waals surface area contributed by atoms with Crippen molar-refractivity contribution in [3.8, 4) is 28.6 Å². The van der Waals surface area contributed by atoms with Gasteiger partial charge in [0.25, 0.3) is 0 Å². The van der Waals surface area contributed by atoms with Crippen LogP contribution in [0.1, 0.15) is 35.8 Å². The van der Waals surface area contributed by atoms with Gasteiger partial charge in [0.15, 0.2) is 6.29 Å². The minimum atomic E-state index is -0.334. The Balaban J connectivity index is 1.93. The minimum absolute atomic E-state index is 0.0135. The zero-order valence-corrected chi connectivity index (χ0v) is 14.5. The topological polar surface area (TPSA) is 97.5 Å². The molecule has 0 aliphatic heterocycles. The Morgan fingerprint density at radius 3 is 2.77 bits per heavy atom. The maximum atomic E-state index is 11.2. The Hall–Kier alpha value is -3.35. The summed E-state index contributed by atoms with van der Waals surface area (Å²) in [6.07, 6.45) is 3.89. The van der Waals surface area contributed by atoms with Gasteiger partial charge in [0.05, 0.1) is 17.0 Å². The summed E-state index contributed by atoms with van der Waals surface area (Å²) in [7, 11) is 0. The quantitative estimate of drug-likeness (QED) is 0.660. The van der Waals surface area contributed by atoms with E-state index in [-0.39, 0.29) is 35.5 Å². The molecule has 0 unspecified atom stereocenters. The Morgan fingerprint density at radius 1 is 1.23 bits per heavy atom. The third kappa shape index (κ3) is 3.37. The van der Waals surface area contributed by atoms with E-state index in [1.54, 1.807) is 18.5 Å². The number of rotatable bonds is 6. The first kappa shape index (κ1) is 17.5. The lowest BCUT2D eigenvalue weighted by molar-refractivity contribution is 0.111. The Kier molecular flexibility index (Phi) is 4.88. The molecule has 3 rings (SSSR count). The van der Waals surface area contributed by atoms with Gasteiger partial charge < -0.3 is 14.9 Å². The van der Waals surface area contributed by atoms with E-state index in [1.807, 2.05) is 30.7 Å². The third-order valence-electron chi connectivity index (χ3n) is 3.90. The molecule has 134 valence electrons. The van der Waals surface area contributed by atoms with E-state index in [4.69, 9.17) is 4.74 Å². The molecule has 0 aliphatic rings. The average molecular weight is 353 g/mol. The molecular weight excluding hydrogens is 334 g/mol. The molecular formula is C19H19N3O4. The third-order valence-corrected chi connectivity index (χ3v) is 3.90. The fraction of sp³-hybridized carbons (Fsp3) is 0.211. The molecule has 0 amide bonds. The van der Waals surface area contributed by atoms with Crippen molar-refractivity contribution >= 4 is 6.29 Å². The first-order valence-corrected chi connectivity index (χ1v) is 8.13. The number of pyridine rings is 1. The molecule has 0 bridgehead atoms. The summed E-state index contributed by atoms with van der Waals surface area (Å²) < 4.78 is 7.56. The van der Waals surface area contributed by atoms with Crippen LogP contribution in [0.2, 0.25) is 0 Å². The van der Waals surface area contributed by atoms with Gasteiger partial charge in [-0.05, 0) is 26.0 Å². The van der Waals surface area contributed by atoms with Gasteiger partial charge in [-0.1, -0.05) is 6.07 Å². The summed E-state index contributed by atoms with van der Waals surface area (Å²) in [5.74, 6) is -0.420. The van der Waals surface area contributed by atoms with Gasteiger partial charge in [-0.15, -0.1) is 0 Å². The van der Waals surface area contributed by atoms with Crippen molar-refractivity contribution < 1.29 is 19.7 Å². The van der Waals surface area contributed by atoms with E-state index < -0.39 is 0 Å². The highest BCUT2D eigenvalue weighted by Gasteiger charge is 2.16. The van der Waals surface area contributed by atoms with Crippen molar-refractivity contribution in [1.29, 1.82) is 0 Å². The molecule has 1 aromatic carbocycles. The summed E-state index contributed by atoms with van der Waals surface area (Å²) in [5.41, 5.74) is 2.35. The van der Waals surface area contributed by atoms with E-state index in [9.17, 15) is 15.0 Å². The molecule has 0 fully saturated rings. The maximum Gasteiger partial charge on any atom is 0.157 e. The molecule has 0 radical (unpaired) electrons. The highest BCUT2D eigenvalue weighted by molar-refractivity contribution is 5.84. The number of ether oxygens (including phenoxy) is 1. The summed E-state index contributed by atoms with van der Waals surface area (Å²) in [4.78, 5) is 15.6. The SMILES string of the molecule is CC(C)n1nccc1-c1ncccc1COc1cc(O)cc(O)c1C=O. The molecule has 0 spiro atoms. The summed E-state index contributed by atoms with van der Waals surface area (Å²) in [6.45, 7) is 4.17. The summed E-state index contributed by atoms with van der Waals surface area (Å²) >= 11 is 0. The van der Waals surface area contributed by atoms with Crippen LogP contribution in [0, 0.1) is 0 Å². The average Bonchev–Trinajstić information content (AvgIpc) is 3.09. The standard InChI is InChI=1S/C19H19N3O4/c1-12(2)22-16(5-7-21-22)19-13(4-3-6-20-19)11-26-18-9-14(24)8-17(25)15(18)10-23/h3-10,12,24-25H,11H2,1-2H3. The van der Waals surface area contributed by atoms with Gasteiger partial charge >= 0.3 is 0 Å². The van der Waals surface area contributed by atoms with Crippen molar-refractivity contribution in [2.45, 2.75) is 26.5 Å². The number of phenolic OH excluding ortho intramolecular Hbond substituents is 2. The number of carbonyl (C=O) groups is 1. The van der Waals surface area contributed by atoms with Crippen LogP contribution in [-0.2, 0) is 6.61 Å². The van der Waals surface area contributed by atoms with E-state index in [1.165, 1.54) is 6.07 Å². The molecule has 0 saturated carbocycles. The number of nitrogens with zero attached hydrogens (tertiary/aromatic N) is 3. The predicted octanol–water partition coefficient (Wildman–Crippen LogP) is 3.33. The number of phenols is 2. The van der Waals surface area contributed by atoms with Crippen LogP contribution in [0.4, 0.5) is 0 Å². The van der Waals surface area contributed by atoms with Crippen molar-refractivity contribution in [3.63, 3.8) is 0 Å². The molecule has 0 aliphatic carbocycles. The Morgan fingerprint density at radius 2 is 2.04 bits per heavy atom. The fourth-order valence-corrected chi connectivity index (χ4v) is 2.69. The van der Waals surface area contributed by atoms with Crippen LogP contribution in [0.25, 0.3) is 11.4 Å². The van der Waals surface area contributed by atoms with Gasteiger partial charge in [0.1, 0.15) is 23.9 Å². The highest BCUT2D eigenvalue weighted by atomic mass is 16.5. The van der Waals surface area contributed by atoms with E-state index >= 15 is 0 Å². The molecule has 0 saturated heterocycles. The zero-order chi connectivity index (χ0) is 18.7. The largest absolute Gasteiger partial charge is 0.508 e. The second-order valence-electron chi connectivity index (χ2n) is 6.05. The molecule has 7 nitrogen and oxygen atoms in total. The van der Waals surface area contributed by atoms with Gasteiger partial charge in [-0.3, -0.25) is 14.5 Å². The lowest BCUT2D eigenvalue weighted by Gasteiger charge is -2.15. The molecule has 26 heavy (non-hydrogen) atoms. The van der Waals surface area contributed by atoms with Crippen LogP contribution >= 0.6 is 0 Å². The molecule has 0 atom stereocenters. The predicted molar refractivity (Wildman–Crippen MR) is 95.3 cm³/mol. The van der Waals surface area contributed by atoms with E-state index in [2.05, 4.69) is 10.1 Å². The van der Waals surface area contributed by atoms with Crippen LogP contribution in [0.15, 0.2) is 42.7 Å². The number of aldehydes is 1. The zero-order valence-electron chi connectivity index (χ0n) is 14.5. The van der Waals surface area contributed by atoms with Crippen molar-refractivity contribution in [2.24, 2.45) is 0 Å². The van der Waals surface area contributed by atoms with Gasteiger partial charge in [-0.2, -0.15) is 5.10 Å². The van der Waals surface area contributed by atoms with Crippen molar-refractivity contribution in [2.75, 3.05) is 0 Å². The second kappa shape index (κ2) is 7.26. The lowest BCUT2D eigenvalue weighted by Crippen LogP contribution is -2.08. The first-order chi connectivity index (χ1) is 12.5. The maximum absolute atomic E-state index is 11.2. The molecule has 2 heterocycles. The smallest absolute Gasteiger partial charge is 0.157 e. The van der Waals surface area contributed by atoms with Gasteiger partial charge in [-0.25, -0.2) is 0 Å². The Labute approximate surface area is 150 Å². The van der Waals surface area contributed by atoms with Crippen LogP contribution in [0.5, 0.6) is 17.2 Å². The van der Waals surface area contributed by atoms with Crippen LogP contribution < -0.4 is 4.74 Å². The number of hydrogen-bond donors (Lipinski definition) is 2. The number of aromatic nitrogens is 3. The van der Waals surface area contributed by atoms with E-state index in [0.29, 0.717) is 6.29 Å². The fourth-order valence-electron chi connectivity index (χ4n) is 2.69.